The van der Waals surface area contributed by atoms with E-state index in [0.717, 1.165) is 6.42 Å². The van der Waals surface area contributed by atoms with Gasteiger partial charge in [-0.2, -0.15) is 0 Å². The summed E-state index contributed by atoms with van der Waals surface area (Å²) in [5.74, 6) is 0.275. The Morgan fingerprint density at radius 2 is 1.21 bits per heavy atom. The van der Waals surface area contributed by atoms with Gasteiger partial charge in [-0.05, 0) is 47.2 Å². The number of ether oxygens (including phenoxy) is 2. The minimum atomic E-state index is -0.458. The summed E-state index contributed by atoms with van der Waals surface area (Å²) in [5, 5.41) is 0. The van der Waals surface area contributed by atoms with Crippen molar-refractivity contribution >= 4 is 11.8 Å². The fourth-order valence-electron chi connectivity index (χ4n) is 2.38. The van der Waals surface area contributed by atoms with Gasteiger partial charge in [0.1, 0.15) is 11.5 Å². The Balaban J connectivity index is 1.67. The molecular formula is C22H28N2O4. The van der Waals surface area contributed by atoms with Gasteiger partial charge in [0.2, 0.25) is 0 Å². The fraction of sp³-hybridized carbons (Fsp3) is 0.364. The normalized spacial score (nSPS) is 10.9. The monoisotopic (exact) mass is 384 g/mol. The first-order chi connectivity index (χ1) is 13.3. The molecule has 0 aliphatic rings. The third kappa shape index (κ3) is 6.95. The van der Waals surface area contributed by atoms with Gasteiger partial charge in [-0.3, -0.25) is 20.4 Å². The summed E-state index contributed by atoms with van der Waals surface area (Å²) in [5.41, 5.74) is 7.03. The maximum Gasteiger partial charge on any atom is 0.276 e. The van der Waals surface area contributed by atoms with Gasteiger partial charge in [0, 0.05) is 0 Å². The number of nitrogens with one attached hydrogen (secondary N) is 2. The first-order valence-corrected chi connectivity index (χ1v) is 9.30. The summed E-state index contributed by atoms with van der Waals surface area (Å²) in [6, 6.07) is 15.1. The second-order valence-electron chi connectivity index (χ2n) is 7.45. The van der Waals surface area contributed by atoms with E-state index in [-0.39, 0.29) is 18.6 Å². The minimum Gasteiger partial charge on any atom is -0.484 e. The van der Waals surface area contributed by atoms with Crippen LogP contribution >= 0.6 is 0 Å². The number of hydrazine groups is 1. The maximum absolute atomic E-state index is 11.8. The molecule has 2 aromatic carbocycles. The van der Waals surface area contributed by atoms with Crippen LogP contribution in [0.3, 0.4) is 0 Å². The molecule has 28 heavy (non-hydrogen) atoms. The molecule has 0 heterocycles. The first-order valence-electron chi connectivity index (χ1n) is 9.30. The van der Waals surface area contributed by atoms with E-state index in [0.29, 0.717) is 11.5 Å². The molecule has 0 aromatic heterocycles. The van der Waals surface area contributed by atoms with Crippen molar-refractivity contribution in [3.05, 3.63) is 59.7 Å². The van der Waals surface area contributed by atoms with Crippen molar-refractivity contribution in [2.24, 2.45) is 0 Å². The fourth-order valence-corrected chi connectivity index (χ4v) is 2.38. The Hall–Kier alpha value is -3.02. The quantitative estimate of drug-likeness (QED) is 0.719. The molecule has 0 bridgehead atoms. The zero-order chi connectivity index (χ0) is 20.6. The van der Waals surface area contributed by atoms with E-state index in [1.165, 1.54) is 11.1 Å². The molecular weight excluding hydrogens is 356 g/mol. The standard InChI is InChI=1S/C22H28N2O4/c1-5-16-6-10-18(11-7-16)27-14-20(25)23-24-21(26)15-28-19-12-8-17(9-13-19)22(2,3)4/h6-13H,5,14-15H2,1-4H3,(H,23,25)(H,24,26). The van der Waals surface area contributed by atoms with Crippen LogP contribution in [0.5, 0.6) is 11.5 Å². The molecule has 0 spiro atoms. The molecule has 0 aliphatic carbocycles. The maximum atomic E-state index is 11.8. The number of benzene rings is 2. The molecule has 0 unspecified atom stereocenters. The highest BCUT2D eigenvalue weighted by atomic mass is 16.5. The van der Waals surface area contributed by atoms with Crippen LogP contribution in [-0.4, -0.2) is 25.0 Å². The Bertz CT molecular complexity index is 778. The van der Waals surface area contributed by atoms with Crippen molar-refractivity contribution < 1.29 is 19.1 Å². The van der Waals surface area contributed by atoms with Gasteiger partial charge in [0.25, 0.3) is 11.8 Å². The molecule has 0 aliphatic heterocycles. The largest absolute Gasteiger partial charge is 0.484 e. The van der Waals surface area contributed by atoms with E-state index in [2.05, 4.69) is 38.5 Å². The van der Waals surface area contributed by atoms with Crippen LogP contribution in [0.15, 0.2) is 48.5 Å². The summed E-state index contributed by atoms with van der Waals surface area (Å²) >= 11 is 0. The Kier molecular flexibility index (Phi) is 7.44. The van der Waals surface area contributed by atoms with Crippen LogP contribution in [0.4, 0.5) is 0 Å². The third-order valence-electron chi connectivity index (χ3n) is 4.13. The second kappa shape index (κ2) is 9.78. The molecule has 150 valence electrons. The molecule has 2 rings (SSSR count). The second-order valence-corrected chi connectivity index (χ2v) is 7.45. The molecule has 2 aromatic rings. The lowest BCUT2D eigenvalue weighted by atomic mass is 9.87. The highest BCUT2D eigenvalue weighted by Gasteiger charge is 2.13. The van der Waals surface area contributed by atoms with E-state index < -0.39 is 11.8 Å². The lowest BCUT2D eigenvalue weighted by Crippen LogP contribution is -2.45. The van der Waals surface area contributed by atoms with Crippen molar-refractivity contribution in [2.45, 2.75) is 39.5 Å². The minimum absolute atomic E-state index is 0.0559. The average Bonchev–Trinajstić information content (AvgIpc) is 2.69. The molecule has 0 radical (unpaired) electrons. The van der Waals surface area contributed by atoms with E-state index in [1.807, 2.05) is 48.5 Å². The Morgan fingerprint density at radius 1 is 0.786 bits per heavy atom. The van der Waals surface area contributed by atoms with Crippen molar-refractivity contribution in [3.63, 3.8) is 0 Å². The summed E-state index contributed by atoms with van der Waals surface area (Å²) in [4.78, 5) is 23.6. The topological polar surface area (TPSA) is 76.7 Å². The lowest BCUT2D eigenvalue weighted by molar-refractivity contribution is -0.131. The van der Waals surface area contributed by atoms with Gasteiger partial charge in [-0.1, -0.05) is 52.0 Å². The predicted octanol–water partition coefficient (Wildman–Crippen LogP) is 3.15. The Labute approximate surface area is 166 Å². The van der Waals surface area contributed by atoms with E-state index in [1.54, 1.807) is 0 Å². The SMILES string of the molecule is CCc1ccc(OCC(=O)NNC(=O)COc2ccc(C(C)(C)C)cc2)cc1. The number of hydrogen-bond acceptors (Lipinski definition) is 4. The van der Waals surface area contributed by atoms with Crippen LogP contribution in [-0.2, 0) is 21.4 Å². The van der Waals surface area contributed by atoms with E-state index >= 15 is 0 Å². The summed E-state index contributed by atoms with van der Waals surface area (Å²) in [6.45, 7) is 8.06. The van der Waals surface area contributed by atoms with Gasteiger partial charge in [-0.15, -0.1) is 0 Å². The number of carbonyl (C=O) groups is 2. The van der Waals surface area contributed by atoms with Crippen LogP contribution in [0.1, 0.15) is 38.8 Å². The highest BCUT2D eigenvalue weighted by molar-refractivity contribution is 5.83. The number of hydrogen-bond donors (Lipinski definition) is 2. The van der Waals surface area contributed by atoms with Crippen molar-refractivity contribution in [2.75, 3.05) is 13.2 Å². The average molecular weight is 384 g/mol. The van der Waals surface area contributed by atoms with Gasteiger partial charge in [-0.25, -0.2) is 0 Å². The van der Waals surface area contributed by atoms with Crippen LogP contribution in [0.25, 0.3) is 0 Å². The number of amides is 2. The van der Waals surface area contributed by atoms with Crippen molar-refractivity contribution in [1.29, 1.82) is 0 Å². The van der Waals surface area contributed by atoms with Gasteiger partial charge in [0.15, 0.2) is 13.2 Å². The molecule has 2 N–H and O–H groups in total. The first kappa shape index (κ1) is 21.3. The number of aryl methyl sites for hydroxylation is 1. The summed E-state index contributed by atoms with van der Waals surface area (Å²) in [6.07, 6.45) is 0.940. The Morgan fingerprint density at radius 3 is 1.61 bits per heavy atom. The zero-order valence-electron chi connectivity index (χ0n) is 16.9. The smallest absolute Gasteiger partial charge is 0.276 e. The van der Waals surface area contributed by atoms with Crippen molar-refractivity contribution in [1.82, 2.24) is 10.9 Å². The van der Waals surface area contributed by atoms with Crippen LogP contribution in [0.2, 0.25) is 0 Å². The molecule has 2 amide bonds. The molecule has 0 atom stereocenters. The number of carbonyl (C=O) groups excluding carboxylic acids is 2. The van der Waals surface area contributed by atoms with E-state index in [9.17, 15) is 9.59 Å². The van der Waals surface area contributed by atoms with Crippen LogP contribution < -0.4 is 20.3 Å². The predicted molar refractivity (Wildman–Crippen MR) is 108 cm³/mol. The lowest BCUT2D eigenvalue weighted by Gasteiger charge is -2.19. The molecule has 0 saturated carbocycles. The summed E-state index contributed by atoms with van der Waals surface area (Å²) in [7, 11) is 0. The zero-order valence-corrected chi connectivity index (χ0v) is 16.9. The molecule has 0 saturated heterocycles. The summed E-state index contributed by atoms with van der Waals surface area (Å²) < 4.78 is 10.8. The molecule has 6 nitrogen and oxygen atoms in total. The van der Waals surface area contributed by atoms with Gasteiger partial charge < -0.3 is 9.47 Å². The van der Waals surface area contributed by atoms with Crippen LogP contribution in [0, 0.1) is 0 Å². The highest BCUT2D eigenvalue weighted by Crippen LogP contribution is 2.24. The van der Waals surface area contributed by atoms with E-state index in [4.69, 9.17) is 9.47 Å². The van der Waals surface area contributed by atoms with Gasteiger partial charge >= 0.3 is 0 Å². The third-order valence-corrected chi connectivity index (χ3v) is 4.13. The van der Waals surface area contributed by atoms with Gasteiger partial charge in [0.05, 0.1) is 0 Å². The number of rotatable bonds is 7. The van der Waals surface area contributed by atoms with Crippen molar-refractivity contribution in [3.8, 4) is 11.5 Å². The molecule has 6 heteroatoms. The molecule has 0 fully saturated rings.